The SMILES string of the molecule is O=C(OCC1c2ccccc2-c2ccccc21)N1C2C=C(c3cc(F)ccn3)CC1CC2. The zero-order valence-electron chi connectivity index (χ0n) is 17.6. The first-order valence-electron chi connectivity index (χ1n) is 11.1. The maximum Gasteiger partial charge on any atom is 0.410 e. The number of amides is 1. The number of carbonyl (C=O) groups is 1. The van der Waals surface area contributed by atoms with Crippen LogP contribution in [0.5, 0.6) is 0 Å². The Hall–Kier alpha value is -3.47. The van der Waals surface area contributed by atoms with E-state index in [0.717, 1.165) is 18.4 Å². The molecule has 3 heterocycles. The van der Waals surface area contributed by atoms with Crippen LogP contribution in [0.1, 0.15) is 42.0 Å². The number of hydrogen-bond acceptors (Lipinski definition) is 3. The molecule has 1 amide bonds. The number of halogens is 1. The van der Waals surface area contributed by atoms with Gasteiger partial charge in [0.2, 0.25) is 0 Å². The molecule has 4 nitrogen and oxygen atoms in total. The molecule has 0 spiro atoms. The van der Waals surface area contributed by atoms with Crippen LogP contribution in [0.15, 0.2) is 72.9 Å². The van der Waals surface area contributed by atoms with Gasteiger partial charge in [-0.3, -0.25) is 9.88 Å². The zero-order chi connectivity index (χ0) is 21.7. The summed E-state index contributed by atoms with van der Waals surface area (Å²) < 4.78 is 19.5. The maximum absolute atomic E-state index is 13.6. The summed E-state index contributed by atoms with van der Waals surface area (Å²) in [5, 5.41) is 0. The Morgan fingerprint density at radius 1 is 1.03 bits per heavy atom. The van der Waals surface area contributed by atoms with E-state index >= 15 is 0 Å². The summed E-state index contributed by atoms with van der Waals surface area (Å²) in [5.74, 6) is -0.237. The Balaban J connectivity index is 1.20. The Bertz CT molecular complexity index is 1190. The van der Waals surface area contributed by atoms with Gasteiger partial charge in [-0.15, -0.1) is 0 Å². The third-order valence-corrected chi connectivity index (χ3v) is 6.99. The van der Waals surface area contributed by atoms with E-state index in [0.29, 0.717) is 18.7 Å². The van der Waals surface area contributed by atoms with Crippen LogP contribution >= 0.6 is 0 Å². The van der Waals surface area contributed by atoms with Crippen molar-refractivity contribution < 1.29 is 13.9 Å². The van der Waals surface area contributed by atoms with E-state index in [9.17, 15) is 9.18 Å². The average Bonchev–Trinajstić information content (AvgIpc) is 3.28. The van der Waals surface area contributed by atoms with Crippen LogP contribution in [0.2, 0.25) is 0 Å². The minimum Gasteiger partial charge on any atom is -0.448 e. The number of benzene rings is 2. The quantitative estimate of drug-likeness (QED) is 0.532. The molecule has 2 aromatic carbocycles. The standard InChI is InChI=1S/C27H23FN2O2/c28-18-11-12-29-26(15-18)17-13-19-9-10-20(14-17)30(19)27(31)32-16-25-23-7-3-1-5-21(23)22-6-2-4-8-24(22)25/h1-8,11-13,15,19-20,25H,9-10,14,16H2. The Morgan fingerprint density at radius 3 is 2.44 bits per heavy atom. The first-order valence-corrected chi connectivity index (χ1v) is 11.1. The molecule has 2 atom stereocenters. The fourth-order valence-electron chi connectivity index (χ4n) is 5.55. The first kappa shape index (κ1) is 19.2. The number of aromatic nitrogens is 1. The maximum atomic E-state index is 13.6. The second-order valence-corrected chi connectivity index (χ2v) is 8.77. The van der Waals surface area contributed by atoms with Crippen molar-refractivity contribution >= 4 is 11.7 Å². The predicted octanol–water partition coefficient (Wildman–Crippen LogP) is 5.79. The molecule has 0 radical (unpaired) electrons. The van der Waals surface area contributed by atoms with Gasteiger partial charge in [0.25, 0.3) is 0 Å². The first-order chi connectivity index (χ1) is 15.7. The molecule has 0 N–H and O–H groups in total. The van der Waals surface area contributed by atoms with Gasteiger partial charge in [0.05, 0.1) is 11.7 Å². The van der Waals surface area contributed by atoms with E-state index in [1.54, 1.807) is 0 Å². The highest BCUT2D eigenvalue weighted by molar-refractivity contribution is 5.79. The smallest absolute Gasteiger partial charge is 0.410 e. The Labute approximate surface area is 186 Å². The molecular formula is C27H23FN2O2. The van der Waals surface area contributed by atoms with Gasteiger partial charge in [0.15, 0.2) is 0 Å². The molecule has 1 saturated heterocycles. The van der Waals surface area contributed by atoms with Crippen LogP contribution in [0.4, 0.5) is 9.18 Å². The van der Waals surface area contributed by atoms with E-state index in [4.69, 9.17) is 4.74 Å². The lowest BCUT2D eigenvalue weighted by Crippen LogP contribution is -2.43. The lowest BCUT2D eigenvalue weighted by atomic mass is 9.98. The summed E-state index contributed by atoms with van der Waals surface area (Å²) in [5.41, 5.74) is 6.54. The van der Waals surface area contributed by atoms with E-state index < -0.39 is 0 Å². The van der Waals surface area contributed by atoms with Crippen LogP contribution in [-0.2, 0) is 4.74 Å². The highest BCUT2D eigenvalue weighted by Crippen LogP contribution is 2.45. The van der Waals surface area contributed by atoms with Crippen molar-refractivity contribution in [2.45, 2.75) is 37.3 Å². The number of rotatable bonds is 3. The number of fused-ring (bicyclic) bond motifs is 5. The van der Waals surface area contributed by atoms with Crippen LogP contribution in [0.3, 0.4) is 0 Å². The molecule has 2 unspecified atom stereocenters. The molecule has 2 bridgehead atoms. The molecule has 2 aliphatic heterocycles. The van der Waals surface area contributed by atoms with Crippen molar-refractivity contribution in [2.75, 3.05) is 6.61 Å². The Morgan fingerprint density at radius 2 is 1.75 bits per heavy atom. The van der Waals surface area contributed by atoms with Gasteiger partial charge in [0.1, 0.15) is 12.4 Å². The summed E-state index contributed by atoms with van der Waals surface area (Å²) >= 11 is 0. The largest absolute Gasteiger partial charge is 0.448 e. The highest BCUT2D eigenvalue weighted by atomic mass is 19.1. The molecule has 0 saturated carbocycles. The lowest BCUT2D eigenvalue weighted by molar-refractivity contribution is 0.0866. The fraction of sp³-hybridized carbons (Fsp3) is 0.259. The average molecular weight is 426 g/mol. The van der Waals surface area contributed by atoms with Crippen molar-refractivity contribution in [3.63, 3.8) is 0 Å². The van der Waals surface area contributed by atoms with Crippen molar-refractivity contribution in [1.82, 2.24) is 9.88 Å². The third-order valence-electron chi connectivity index (χ3n) is 6.99. The van der Waals surface area contributed by atoms with Crippen molar-refractivity contribution in [1.29, 1.82) is 0 Å². The minimum atomic E-state index is -0.290. The second kappa shape index (κ2) is 7.59. The number of carbonyl (C=O) groups excluding carboxylic acids is 1. The highest BCUT2D eigenvalue weighted by Gasteiger charge is 2.41. The molecule has 1 aromatic heterocycles. The molecule has 32 heavy (non-hydrogen) atoms. The molecule has 3 aliphatic rings. The summed E-state index contributed by atoms with van der Waals surface area (Å²) in [7, 11) is 0. The van der Waals surface area contributed by atoms with Gasteiger partial charge in [-0.1, -0.05) is 54.6 Å². The third kappa shape index (κ3) is 3.11. The van der Waals surface area contributed by atoms with Crippen molar-refractivity contribution in [3.05, 3.63) is 95.6 Å². The zero-order valence-corrected chi connectivity index (χ0v) is 17.6. The number of nitrogens with zero attached hydrogens (tertiary/aromatic N) is 2. The van der Waals surface area contributed by atoms with E-state index in [-0.39, 0.29) is 29.9 Å². The molecule has 5 heteroatoms. The fourth-order valence-corrected chi connectivity index (χ4v) is 5.55. The molecule has 1 aliphatic carbocycles. The molecule has 1 fully saturated rings. The van der Waals surface area contributed by atoms with Crippen molar-refractivity contribution in [2.24, 2.45) is 0 Å². The van der Waals surface area contributed by atoms with Gasteiger partial charge in [-0.25, -0.2) is 9.18 Å². The summed E-state index contributed by atoms with van der Waals surface area (Å²) in [6.07, 6.45) is 5.79. The van der Waals surface area contributed by atoms with Crippen LogP contribution < -0.4 is 0 Å². The van der Waals surface area contributed by atoms with Crippen LogP contribution in [0, 0.1) is 5.82 Å². The summed E-state index contributed by atoms with van der Waals surface area (Å²) in [6, 6.07) is 19.6. The number of hydrogen-bond donors (Lipinski definition) is 0. The lowest BCUT2D eigenvalue weighted by Gasteiger charge is -2.33. The van der Waals surface area contributed by atoms with Gasteiger partial charge in [-0.2, -0.15) is 0 Å². The second-order valence-electron chi connectivity index (χ2n) is 8.77. The number of pyridine rings is 1. The van der Waals surface area contributed by atoms with Gasteiger partial charge in [0, 0.05) is 18.2 Å². The van der Waals surface area contributed by atoms with Crippen LogP contribution in [-0.4, -0.2) is 34.7 Å². The molecule has 3 aromatic rings. The summed E-state index contributed by atoms with van der Waals surface area (Å²) in [4.78, 5) is 19.3. The van der Waals surface area contributed by atoms with E-state index in [1.807, 2.05) is 29.2 Å². The van der Waals surface area contributed by atoms with Gasteiger partial charge in [-0.05, 0) is 59.2 Å². The minimum absolute atomic E-state index is 0.0236. The Kier molecular flexibility index (Phi) is 4.56. The normalized spacial score (nSPS) is 21.2. The predicted molar refractivity (Wildman–Crippen MR) is 121 cm³/mol. The van der Waals surface area contributed by atoms with E-state index in [2.05, 4.69) is 35.3 Å². The summed E-state index contributed by atoms with van der Waals surface area (Å²) in [6.45, 7) is 0.324. The topological polar surface area (TPSA) is 42.4 Å². The van der Waals surface area contributed by atoms with Gasteiger partial charge >= 0.3 is 6.09 Å². The monoisotopic (exact) mass is 426 g/mol. The van der Waals surface area contributed by atoms with E-state index in [1.165, 1.54) is 40.6 Å². The molecular weight excluding hydrogens is 403 g/mol. The van der Waals surface area contributed by atoms with Crippen molar-refractivity contribution in [3.8, 4) is 11.1 Å². The molecule has 160 valence electrons. The van der Waals surface area contributed by atoms with Gasteiger partial charge < -0.3 is 4.74 Å². The molecule has 6 rings (SSSR count). The van der Waals surface area contributed by atoms with Crippen LogP contribution in [0.25, 0.3) is 16.7 Å². The number of ether oxygens (including phenoxy) is 1.